The van der Waals surface area contributed by atoms with Gasteiger partial charge < -0.3 is 30.7 Å². The molecule has 3 aliphatic heterocycles. The molecule has 234 valence electrons. The lowest BCUT2D eigenvalue weighted by Gasteiger charge is -2.25. The van der Waals surface area contributed by atoms with Crippen LogP contribution < -0.4 is 11.5 Å². The highest BCUT2D eigenvalue weighted by molar-refractivity contribution is 7.56. The maximum atomic E-state index is 15.9. The van der Waals surface area contributed by atoms with Crippen LogP contribution >= 0.6 is 15.4 Å². The van der Waals surface area contributed by atoms with E-state index < -0.39 is 71.2 Å². The van der Waals surface area contributed by atoms with Crippen molar-refractivity contribution in [1.29, 1.82) is 0 Å². The Morgan fingerprint density at radius 3 is 2.00 bits per heavy atom. The van der Waals surface area contributed by atoms with E-state index in [2.05, 4.69) is 29.9 Å². The van der Waals surface area contributed by atoms with Gasteiger partial charge in [0.1, 0.15) is 48.1 Å². The van der Waals surface area contributed by atoms with Crippen LogP contribution in [-0.2, 0) is 32.2 Å². The fraction of sp³-hybridized carbons (Fsp3) is 0.429. The largest absolute Gasteiger partial charge is 0.472 e. The van der Waals surface area contributed by atoms with Crippen molar-refractivity contribution in [3.05, 3.63) is 37.2 Å². The van der Waals surface area contributed by atoms with E-state index >= 15 is 8.78 Å². The lowest BCUT2D eigenvalue weighted by atomic mass is 10.1. The van der Waals surface area contributed by atoms with Gasteiger partial charge in [-0.15, -0.1) is 0 Å². The minimum absolute atomic E-state index is 0.0104. The van der Waals surface area contributed by atoms with Crippen LogP contribution in [0.25, 0.3) is 22.3 Å². The van der Waals surface area contributed by atoms with E-state index in [-0.39, 0.29) is 34.0 Å². The first kappa shape index (κ1) is 29.2. The maximum Gasteiger partial charge on any atom is 0.472 e. The zero-order valence-electron chi connectivity index (χ0n) is 21.9. The first-order valence-corrected chi connectivity index (χ1v) is 15.9. The van der Waals surface area contributed by atoms with Gasteiger partial charge in [0.05, 0.1) is 19.3 Å². The summed E-state index contributed by atoms with van der Waals surface area (Å²) in [7, 11) is -9.91. The predicted octanol–water partition coefficient (Wildman–Crippen LogP) is 0.902. The van der Waals surface area contributed by atoms with Crippen molar-refractivity contribution in [3.63, 3.8) is 0 Å². The summed E-state index contributed by atoms with van der Waals surface area (Å²) in [5.74, 6) is 0.658. The lowest BCUT2D eigenvalue weighted by molar-refractivity contribution is -0.0481. The molecule has 44 heavy (non-hydrogen) atoms. The molecule has 0 aromatic carbocycles. The van der Waals surface area contributed by atoms with Crippen LogP contribution in [0.1, 0.15) is 12.5 Å². The molecule has 7 rings (SSSR count). The summed E-state index contributed by atoms with van der Waals surface area (Å²) in [5, 5.41) is 0. The number of hydrogen-bond donors (Lipinski definition) is 4. The van der Waals surface area contributed by atoms with E-state index in [9.17, 15) is 18.9 Å². The lowest BCUT2D eigenvalue weighted by Crippen LogP contribution is -2.35. The molecule has 3 unspecified atom stereocenters. The van der Waals surface area contributed by atoms with Gasteiger partial charge in [0.2, 0.25) is 0 Å². The topological polar surface area (TPSA) is 260 Å². The number of phosphoric ester groups is 1. The van der Waals surface area contributed by atoms with Crippen molar-refractivity contribution in [1.82, 2.24) is 39.0 Å². The molecule has 10 atom stereocenters. The average molecular weight is 658 g/mol. The first-order chi connectivity index (χ1) is 20.9. The molecule has 2 fully saturated rings. The second-order valence-corrected chi connectivity index (χ2v) is 13.0. The molecule has 0 aliphatic carbocycles. The molecular weight excluding hydrogens is 636 g/mol. The van der Waals surface area contributed by atoms with Crippen LogP contribution in [0.3, 0.4) is 0 Å². The number of hydrogen-bond acceptors (Lipinski definition) is 15. The number of nitrogens with zero attached hydrogens (tertiary/aromatic N) is 8. The van der Waals surface area contributed by atoms with Crippen molar-refractivity contribution >= 4 is 49.4 Å². The fourth-order valence-corrected chi connectivity index (χ4v) is 7.19. The number of phosphoric acid groups is 1. The van der Waals surface area contributed by atoms with E-state index in [1.54, 1.807) is 0 Å². The van der Waals surface area contributed by atoms with Crippen LogP contribution in [-0.4, -0.2) is 92.2 Å². The number of alkyl halides is 2. The Labute approximate surface area is 243 Å². The molecule has 0 saturated carbocycles. The molecule has 0 bridgehead atoms. The van der Waals surface area contributed by atoms with Crippen molar-refractivity contribution in [2.75, 3.05) is 18.1 Å². The number of halogens is 2. The number of rotatable bonds is 2. The molecule has 7 heterocycles. The Bertz CT molecular complexity index is 1880. The Morgan fingerprint density at radius 1 is 0.818 bits per heavy atom. The monoisotopic (exact) mass is 658 g/mol. The smallest absolute Gasteiger partial charge is 0.382 e. The first-order valence-electron chi connectivity index (χ1n) is 12.7. The molecule has 0 spiro atoms. The van der Waals surface area contributed by atoms with Crippen LogP contribution in [0.15, 0.2) is 37.2 Å². The second kappa shape index (κ2) is 10.5. The summed E-state index contributed by atoms with van der Waals surface area (Å²) in [6, 6.07) is 0. The quantitative estimate of drug-likeness (QED) is 0.218. The van der Waals surface area contributed by atoms with Gasteiger partial charge in [-0.2, -0.15) is 0 Å². The van der Waals surface area contributed by atoms with Crippen molar-refractivity contribution in [3.8, 4) is 0 Å². The fourth-order valence-electron chi connectivity index (χ4n) is 5.19. The summed E-state index contributed by atoms with van der Waals surface area (Å²) in [6.07, 6.45) is -8.63. The Morgan fingerprint density at radius 2 is 1.39 bits per heavy atom. The van der Waals surface area contributed by atoms with E-state index in [0.29, 0.717) is 5.82 Å². The molecular formula is C21H22F2N10O9P2. The number of aromatic nitrogens is 8. The second-order valence-electron chi connectivity index (χ2n) is 9.92. The molecule has 2 saturated heterocycles. The van der Waals surface area contributed by atoms with Gasteiger partial charge in [-0.25, -0.2) is 43.2 Å². The summed E-state index contributed by atoms with van der Waals surface area (Å²) < 4.78 is 87.0. The Hall–Kier alpha value is -3.52. The van der Waals surface area contributed by atoms with E-state index in [0.717, 1.165) is 27.9 Å². The predicted molar refractivity (Wildman–Crippen MR) is 142 cm³/mol. The number of fused-ring (bicyclic) bond motifs is 4. The van der Waals surface area contributed by atoms with E-state index in [1.807, 2.05) is 0 Å². The minimum atomic E-state index is -5.10. The number of anilines is 2. The van der Waals surface area contributed by atoms with Crippen molar-refractivity contribution in [2.45, 2.75) is 49.2 Å². The highest BCUT2D eigenvalue weighted by Gasteiger charge is 2.53. The summed E-state index contributed by atoms with van der Waals surface area (Å²) in [6.45, 7) is -0.871. The van der Waals surface area contributed by atoms with Crippen LogP contribution in [0.4, 0.5) is 20.4 Å². The molecule has 23 heteroatoms. The average Bonchev–Trinajstić information content (AvgIpc) is 3.73. The van der Waals surface area contributed by atoms with Gasteiger partial charge in [-0.3, -0.25) is 27.3 Å². The molecule has 19 nitrogen and oxygen atoms in total. The van der Waals surface area contributed by atoms with Crippen molar-refractivity contribution < 1.29 is 50.7 Å². The van der Waals surface area contributed by atoms with Gasteiger partial charge in [-0.05, 0) is 6.08 Å². The summed E-state index contributed by atoms with van der Waals surface area (Å²) in [5.41, 5.74) is 12.0. The normalized spacial score (nSPS) is 38.6. The molecule has 6 N–H and O–H groups in total. The Kier molecular flexibility index (Phi) is 6.99. The highest BCUT2D eigenvalue weighted by Crippen LogP contribution is 2.54. The molecule has 4 aromatic rings. The number of nitrogens with two attached hydrogens (primary N) is 2. The van der Waals surface area contributed by atoms with Gasteiger partial charge in [0.25, 0.3) is 0 Å². The third-order valence-corrected chi connectivity index (χ3v) is 9.27. The number of imidazole rings is 2. The van der Waals surface area contributed by atoms with Gasteiger partial charge >= 0.3 is 15.4 Å². The third-order valence-electron chi connectivity index (χ3n) is 7.19. The molecule has 3 aliphatic rings. The van der Waals surface area contributed by atoms with Crippen LogP contribution in [0, 0.1) is 0 Å². The summed E-state index contributed by atoms with van der Waals surface area (Å²) >= 11 is 0. The van der Waals surface area contributed by atoms with Crippen molar-refractivity contribution in [2.24, 2.45) is 0 Å². The highest BCUT2D eigenvalue weighted by atomic mass is 31.2. The van der Waals surface area contributed by atoms with Crippen LogP contribution in [0.2, 0.25) is 0 Å². The molecule has 0 amide bonds. The van der Waals surface area contributed by atoms with Crippen LogP contribution in [0.5, 0.6) is 0 Å². The zero-order chi connectivity index (χ0) is 31.0. The van der Waals surface area contributed by atoms with Gasteiger partial charge in [0, 0.05) is 5.82 Å². The third kappa shape index (κ3) is 4.95. The van der Waals surface area contributed by atoms with Gasteiger partial charge in [-0.1, -0.05) is 0 Å². The standard InChI is InChI=1S/C21H22F2N10O9P2/c22-10-14-8(39-20(10)32-6-30-12-16(24)26-4-28-18(12)32)1-2-43(34,35)41-15-9(3-38-44(36,37)42-14)40-21(11(15)23)33-7-31-13-17(25)27-5-29-19(13)33/h1-2,4-11,14-15,20-21H,3H2,(H,34,35)(H,36,37)(H2,24,26,28)(H2,25,27,29)/b2-1-/t8-,9?,10-,11-,14-,15-,20-,21-/m1/s1. The summed E-state index contributed by atoms with van der Waals surface area (Å²) in [4.78, 5) is 45.0. The SMILES string of the molecule is Nc1ncnc2c1ncn2[C@@H]1O[C@@H]2/C=C\P(=O)(O)O[C@@H]3C(COP(=O)(O)O[C@H]2[C@H]1F)O[C@@H](n1cnc2c(N)ncnc21)[C@@H]3F. The number of nitrogen functional groups attached to an aromatic ring is 2. The van der Waals surface area contributed by atoms with E-state index in [4.69, 9.17) is 34.5 Å². The Balaban J connectivity index is 1.20. The minimum Gasteiger partial charge on any atom is -0.382 e. The molecule has 0 radical (unpaired) electrons. The van der Waals surface area contributed by atoms with E-state index in [1.165, 1.54) is 12.7 Å². The molecule has 4 aromatic heterocycles. The van der Waals surface area contributed by atoms with Gasteiger partial charge in [0.15, 0.2) is 47.7 Å². The zero-order valence-corrected chi connectivity index (χ0v) is 23.7. The number of ether oxygens (including phenoxy) is 2. The maximum absolute atomic E-state index is 15.9.